The SMILES string of the molecule is CC(C)CCCCOC(=O)NC1CCCNC1. The number of nitrogens with one attached hydrogen (secondary N) is 2. The quantitative estimate of drug-likeness (QED) is 0.703. The Balaban J connectivity index is 1.97. The highest BCUT2D eigenvalue weighted by molar-refractivity contribution is 5.67. The topological polar surface area (TPSA) is 50.4 Å². The molecule has 17 heavy (non-hydrogen) atoms. The molecule has 1 aliphatic rings. The molecule has 0 spiro atoms. The number of unbranched alkanes of at least 4 members (excludes halogenated alkanes) is 1. The minimum atomic E-state index is -0.261. The van der Waals surface area contributed by atoms with E-state index in [1.807, 2.05) is 0 Å². The Morgan fingerprint density at radius 1 is 1.47 bits per heavy atom. The highest BCUT2D eigenvalue weighted by Crippen LogP contribution is 2.06. The van der Waals surface area contributed by atoms with Gasteiger partial charge in [0.2, 0.25) is 0 Å². The molecule has 0 aromatic heterocycles. The van der Waals surface area contributed by atoms with Crippen molar-refractivity contribution < 1.29 is 9.53 Å². The molecular formula is C13H26N2O2. The number of hydrogen-bond donors (Lipinski definition) is 2. The summed E-state index contributed by atoms with van der Waals surface area (Å²) in [4.78, 5) is 11.4. The lowest BCUT2D eigenvalue weighted by Gasteiger charge is -2.23. The van der Waals surface area contributed by atoms with Crippen LogP contribution in [-0.4, -0.2) is 31.8 Å². The van der Waals surface area contributed by atoms with Crippen LogP contribution in [0, 0.1) is 5.92 Å². The minimum Gasteiger partial charge on any atom is -0.450 e. The van der Waals surface area contributed by atoms with Gasteiger partial charge < -0.3 is 15.4 Å². The number of rotatable bonds is 6. The third-order valence-corrected chi connectivity index (χ3v) is 3.03. The molecule has 0 aromatic rings. The predicted octanol–water partition coefficient (Wildman–Crippen LogP) is 2.29. The second-order valence-electron chi connectivity index (χ2n) is 5.21. The standard InChI is InChI=1S/C13H26N2O2/c1-11(2)6-3-4-9-17-13(16)15-12-7-5-8-14-10-12/h11-12,14H,3-10H2,1-2H3,(H,15,16). The largest absolute Gasteiger partial charge is 0.450 e. The summed E-state index contributed by atoms with van der Waals surface area (Å²) >= 11 is 0. The van der Waals surface area contributed by atoms with Crippen LogP contribution in [0.3, 0.4) is 0 Å². The molecule has 2 N–H and O–H groups in total. The molecule has 0 saturated carbocycles. The van der Waals surface area contributed by atoms with E-state index >= 15 is 0 Å². The first-order valence-corrected chi connectivity index (χ1v) is 6.82. The molecule has 0 radical (unpaired) electrons. The number of amides is 1. The Hall–Kier alpha value is -0.770. The number of carbonyl (C=O) groups is 1. The number of carbonyl (C=O) groups excluding carboxylic acids is 1. The van der Waals surface area contributed by atoms with Gasteiger partial charge in [-0.05, 0) is 38.1 Å². The van der Waals surface area contributed by atoms with Gasteiger partial charge in [-0.1, -0.05) is 20.3 Å². The monoisotopic (exact) mass is 242 g/mol. The van der Waals surface area contributed by atoms with E-state index in [1.165, 1.54) is 6.42 Å². The number of ether oxygens (including phenoxy) is 1. The van der Waals surface area contributed by atoms with Crippen LogP contribution in [0.15, 0.2) is 0 Å². The van der Waals surface area contributed by atoms with Gasteiger partial charge >= 0.3 is 6.09 Å². The maximum atomic E-state index is 11.4. The van der Waals surface area contributed by atoms with Crippen molar-refractivity contribution in [3.05, 3.63) is 0 Å². The van der Waals surface area contributed by atoms with E-state index in [9.17, 15) is 4.79 Å². The second kappa shape index (κ2) is 8.34. The van der Waals surface area contributed by atoms with Crippen LogP contribution in [-0.2, 0) is 4.74 Å². The number of piperidine rings is 1. The molecule has 0 aromatic carbocycles. The maximum Gasteiger partial charge on any atom is 0.407 e. The third-order valence-electron chi connectivity index (χ3n) is 3.03. The summed E-state index contributed by atoms with van der Waals surface area (Å²) in [7, 11) is 0. The van der Waals surface area contributed by atoms with Crippen molar-refractivity contribution in [2.45, 2.75) is 52.0 Å². The van der Waals surface area contributed by atoms with Crippen molar-refractivity contribution in [2.75, 3.05) is 19.7 Å². The van der Waals surface area contributed by atoms with Crippen molar-refractivity contribution >= 4 is 6.09 Å². The maximum absolute atomic E-state index is 11.4. The van der Waals surface area contributed by atoms with Crippen LogP contribution in [0.1, 0.15) is 46.0 Å². The van der Waals surface area contributed by atoms with E-state index in [-0.39, 0.29) is 12.1 Å². The van der Waals surface area contributed by atoms with Crippen LogP contribution < -0.4 is 10.6 Å². The molecule has 1 amide bonds. The summed E-state index contributed by atoms with van der Waals surface area (Å²) < 4.78 is 5.15. The fourth-order valence-electron chi connectivity index (χ4n) is 2.00. The Bertz CT molecular complexity index is 213. The van der Waals surface area contributed by atoms with Crippen LogP contribution in [0.5, 0.6) is 0 Å². The number of hydrogen-bond acceptors (Lipinski definition) is 3. The Morgan fingerprint density at radius 3 is 2.94 bits per heavy atom. The summed E-state index contributed by atoms with van der Waals surface area (Å²) in [6.45, 7) is 6.89. The Morgan fingerprint density at radius 2 is 2.29 bits per heavy atom. The zero-order valence-corrected chi connectivity index (χ0v) is 11.1. The van der Waals surface area contributed by atoms with Gasteiger partial charge in [0.15, 0.2) is 0 Å². The fraction of sp³-hybridized carbons (Fsp3) is 0.923. The molecular weight excluding hydrogens is 216 g/mol. The molecule has 4 heteroatoms. The van der Waals surface area contributed by atoms with Crippen molar-refractivity contribution in [1.29, 1.82) is 0 Å². The van der Waals surface area contributed by atoms with Crippen LogP contribution in [0.4, 0.5) is 4.79 Å². The molecule has 1 fully saturated rings. The third kappa shape index (κ3) is 7.21. The number of alkyl carbamates (subject to hydrolysis) is 1. The summed E-state index contributed by atoms with van der Waals surface area (Å²) in [5.74, 6) is 0.733. The van der Waals surface area contributed by atoms with E-state index in [0.29, 0.717) is 6.61 Å². The van der Waals surface area contributed by atoms with E-state index < -0.39 is 0 Å². The Labute approximate surface area is 104 Å². The highest BCUT2D eigenvalue weighted by Gasteiger charge is 2.15. The molecule has 1 rings (SSSR count). The average molecular weight is 242 g/mol. The first-order valence-electron chi connectivity index (χ1n) is 6.82. The van der Waals surface area contributed by atoms with Gasteiger partial charge in [-0.3, -0.25) is 0 Å². The lowest BCUT2D eigenvalue weighted by Crippen LogP contribution is -2.45. The van der Waals surface area contributed by atoms with Crippen LogP contribution in [0.25, 0.3) is 0 Å². The summed E-state index contributed by atoms with van der Waals surface area (Å²) in [5, 5.41) is 6.15. The summed E-state index contributed by atoms with van der Waals surface area (Å²) in [6, 6.07) is 0.243. The van der Waals surface area contributed by atoms with Crippen molar-refractivity contribution in [1.82, 2.24) is 10.6 Å². The first kappa shape index (κ1) is 14.3. The fourth-order valence-corrected chi connectivity index (χ4v) is 2.00. The second-order valence-corrected chi connectivity index (χ2v) is 5.21. The van der Waals surface area contributed by atoms with E-state index in [0.717, 1.165) is 44.7 Å². The molecule has 1 aliphatic heterocycles. The predicted molar refractivity (Wildman–Crippen MR) is 69.1 cm³/mol. The lowest BCUT2D eigenvalue weighted by atomic mass is 10.1. The van der Waals surface area contributed by atoms with Crippen LogP contribution >= 0.6 is 0 Å². The van der Waals surface area contributed by atoms with E-state index in [4.69, 9.17) is 4.74 Å². The van der Waals surface area contributed by atoms with Gasteiger partial charge in [0, 0.05) is 12.6 Å². The molecule has 1 saturated heterocycles. The van der Waals surface area contributed by atoms with Crippen LogP contribution in [0.2, 0.25) is 0 Å². The van der Waals surface area contributed by atoms with E-state index in [1.54, 1.807) is 0 Å². The summed E-state index contributed by atoms with van der Waals surface area (Å²) in [6.07, 6.45) is 5.22. The Kier molecular flexibility index (Phi) is 7.01. The van der Waals surface area contributed by atoms with Crippen molar-refractivity contribution in [2.24, 2.45) is 5.92 Å². The minimum absolute atomic E-state index is 0.243. The van der Waals surface area contributed by atoms with Gasteiger partial charge in [-0.15, -0.1) is 0 Å². The van der Waals surface area contributed by atoms with Gasteiger partial charge in [0.25, 0.3) is 0 Å². The van der Waals surface area contributed by atoms with E-state index in [2.05, 4.69) is 24.5 Å². The van der Waals surface area contributed by atoms with Gasteiger partial charge in [0.1, 0.15) is 0 Å². The van der Waals surface area contributed by atoms with Crippen molar-refractivity contribution in [3.63, 3.8) is 0 Å². The van der Waals surface area contributed by atoms with Gasteiger partial charge in [-0.2, -0.15) is 0 Å². The normalized spacial score (nSPS) is 20.3. The molecule has 1 heterocycles. The average Bonchev–Trinajstić information content (AvgIpc) is 2.29. The molecule has 0 bridgehead atoms. The van der Waals surface area contributed by atoms with Crippen molar-refractivity contribution in [3.8, 4) is 0 Å². The molecule has 1 atom stereocenters. The molecule has 4 nitrogen and oxygen atoms in total. The van der Waals surface area contributed by atoms with Gasteiger partial charge in [0.05, 0.1) is 6.61 Å². The molecule has 0 aliphatic carbocycles. The zero-order chi connectivity index (χ0) is 12.5. The molecule has 1 unspecified atom stereocenters. The smallest absolute Gasteiger partial charge is 0.407 e. The first-order chi connectivity index (χ1) is 8.18. The highest BCUT2D eigenvalue weighted by atomic mass is 16.5. The zero-order valence-electron chi connectivity index (χ0n) is 11.1. The molecule has 100 valence electrons. The lowest BCUT2D eigenvalue weighted by molar-refractivity contribution is 0.137. The van der Waals surface area contributed by atoms with Gasteiger partial charge in [-0.25, -0.2) is 4.79 Å². The summed E-state index contributed by atoms with van der Waals surface area (Å²) in [5.41, 5.74) is 0.